The van der Waals surface area contributed by atoms with E-state index < -0.39 is 0 Å². The summed E-state index contributed by atoms with van der Waals surface area (Å²) in [5, 5.41) is 0. The number of nitrogen functional groups attached to an aromatic ring is 1. The molecule has 2 nitrogen and oxygen atoms in total. The van der Waals surface area contributed by atoms with Crippen LogP contribution in [-0.4, -0.2) is 13.1 Å². The molecule has 2 N–H and O–H groups in total. The third kappa shape index (κ3) is 2.56. The number of nitrogens with zero attached hydrogens (tertiary/aromatic N) is 1. The summed E-state index contributed by atoms with van der Waals surface area (Å²) in [5.41, 5.74) is 9.79. The Labute approximate surface area is 105 Å². The summed E-state index contributed by atoms with van der Waals surface area (Å²) in [6.45, 7) is 6.95. The molecule has 0 spiro atoms. The van der Waals surface area contributed by atoms with E-state index in [0.29, 0.717) is 0 Å². The highest BCUT2D eigenvalue weighted by atomic mass is 15.1. The molecule has 17 heavy (non-hydrogen) atoms. The zero-order valence-corrected chi connectivity index (χ0v) is 11.1. The van der Waals surface area contributed by atoms with Gasteiger partial charge in [0.1, 0.15) is 0 Å². The van der Waals surface area contributed by atoms with E-state index in [9.17, 15) is 0 Å². The number of nitrogens with two attached hydrogens (primary N) is 1. The van der Waals surface area contributed by atoms with Crippen molar-refractivity contribution in [3.05, 3.63) is 23.8 Å². The molecule has 0 bridgehead atoms. The normalized spacial score (nSPS) is 15.1. The van der Waals surface area contributed by atoms with Crippen LogP contribution in [0.25, 0.3) is 0 Å². The van der Waals surface area contributed by atoms with Crippen molar-refractivity contribution in [2.24, 2.45) is 5.92 Å². The Morgan fingerprint density at radius 1 is 1.29 bits per heavy atom. The maximum atomic E-state index is 6.07. The van der Waals surface area contributed by atoms with E-state index in [0.717, 1.165) is 18.0 Å². The predicted molar refractivity (Wildman–Crippen MR) is 75.5 cm³/mol. The summed E-state index contributed by atoms with van der Waals surface area (Å²) in [4.78, 5) is 2.53. The minimum Gasteiger partial charge on any atom is -0.398 e. The predicted octanol–water partition coefficient (Wildman–Crippen LogP) is 3.46. The number of hydrogen-bond acceptors (Lipinski definition) is 2. The summed E-state index contributed by atoms with van der Waals surface area (Å²) in [6, 6.07) is 6.34. The molecular formula is C15H24N2. The molecule has 1 aromatic rings. The van der Waals surface area contributed by atoms with Gasteiger partial charge in [0.15, 0.2) is 0 Å². The molecule has 0 atom stereocenters. The van der Waals surface area contributed by atoms with E-state index >= 15 is 0 Å². The molecule has 2 rings (SSSR count). The molecule has 2 heteroatoms. The molecule has 0 aromatic heterocycles. The van der Waals surface area contributed by atoms with Crippen LogP contribution in [0.15, 0.2) is 18.2 Å². The van der Waals surface area contributed by atoms with Gasteiger partial charge in [-0.05, 0) is 36.5 Å². The second-order valence-electron chi connectivity index (χ2n) is 5.08. The quantitative estimate of drug-likeness (QED) is 0.806. The van der Waals surface area contributed by atoms with Crippen LogP contribution >= 0.6 is 0 Å². The minimum absolute atomic E-state index is 0.808. The van der Waals surface area contributed by atoms with Crippen molar-refractivity contribution < 1.29 is 0 Å². The van der Waals surface area contributed by atoms with Gasteiger partial charge in [-0.25, -0.2) is 0 Å². The molecule has 1 aliphatic rings. The Bertz CT molecular complexity index is 369. The van der Waals surface area contributed by atoms with Gasteiger partial charge in [-0.15, -0.1) is 0 Å². The SMILES string of the molecule is CCC(CC)CN1CCCc2c(N)cccc21. The van der Waals surface area contributed by atoms with Crippen LogP contribution in [0.3, 0.4) is 0 Å². The fraction of sp³-hybridized carbons (Fsp3) is 0.600. The van der Waals surface area contributed by atoms with Gasteiger partial charge in [-0.1, -0.05) is 32.8 Å². The van der Waals surface area contributed by atoms with Crippen molar-refractivity contribution in [2.75, 3.05) is 23.7 Å². The number of rotatable bonds is 4. The highest BCUT2D eigenvalue weighted by molar-refractivity contribution is 5.66. The van der Waals surface area contributed by atoms with Crippen molar-refractivity contribution in [1.29, 1.82) is 0 Å². The number of fused-ring (bicyclic) bond motifs is 1. The van der Waals surface area contributed by atoms with Gasteiger partial charge in [0, 0.05) is 24.5 Å². The Kier molecular flexibility index (Phi) is 3.93. The van der Waals surface area contributed by atoms with Gasteiger partial charge in [0.25, 0.3) is 0 Å². The summed E-state index contributed by atoms with van der Waals surface area (Å²) in [5.74, 6) is 0.808. The molecule has 0 amide bonds. The lowest BCUT2D eigenvalue weighted by Crippen LogP contribution is -2.34. The fourth-order valence-electron chi connectivity index (χ4n) is 2.78. The average Bonchev–Trinajstić information content (AvgIpc) is 2.37. The van der Waals surface area contributed by atoms with Crippen molar-refractivity contribution in [3.8, 4) is 0 Å². The van der Waals surface area contributed by atoms with Crippen LogP contribution in [0.1, 0.15) is 38.7 Å². The van der Waals surface area contributed by atoms with Gasteiger partial charge in [0.2, 0.25) is 0 Å². The van der Waals surface area contributed by atoms with Gasteiger partial charge >= 0.3 is 0 Å². The van der Waals surface area contributed by atoms with E-state index in [4.69, 9.17) is 5.73 Å². The first-order valence-corrected chi connectivity index (χ1v) is 6.88. The van der Waals surface area contributed by atoms with E-state index in [1.807, 2.05) is 6.07 Å². The largest absolute Gasteiger partial charge is 0.398 e. The van der Waals surface area contributed by atoms with Crippen molar-refractivity contribution >= 4 is 11.4 Å². The van der Waals surface area contributed by atoms with E-state index in [-0.39, 0.29) is 0 Å². The molecule has 0 saturated carbocycles. The van der Waals surface area contributed by atoms with Crippen LogP contribution < -0.4 is 10.6 Å². The topological polar surface area (TPSA) is 29.3 Å². The van der Waals surface area contributed by atoms with Crippen molar-refractivity contribution in [3.63, 3.8) is 0 Å². The minimum atomic E-state index is 0.808. The van der Waals surface area contributed by atoms with Crippen LogP contribution in [0, 0.1) is 5.92 Å². The Balaban J connectivity index is 2.20. The second kappa shape index (κ2) is 5.44. The third-order valence-electron chi connectivity index (χ3n) is 4.02. The Morgan fingerprint density at radius 3 is 2.76 bits per heavy atom. The summed E-state index contributed by atoms with van der Waals surface area (Å²) in [6.07, 6.45) is 4.91. The molecular weight excluding hydrogens is 208 g/mol. The highest BCUT2D eigenvalue weighted by Crippen LogP contribution is 2.32. The van der Waals surface area contributed by atoms with Crippen molar-refractivity contribution in [1.82, 2.24) is 0 Å². The summed E-state index contributed by atoms with van der Waals surface area (Å²) in [7, 11) is 0. The first-order chi connectivity index (χ1) is 8.26. The molecule has 0 radical (unpaired) electrons. The lowest BCUT2D eigenvalue weighted by Gasteiger charge is -2.34. The lowest BCUT2D eigenvalue weighted by molar-refractivity contribution is 0.475. The molecule has 0 saturated heterocycles. The average molecular weight is 232 g/mol. The van der Waals surface area contributed by atoms with Gasteiger partial charge < -0.3 is 10.6 Å². The zero-order valence-electron chi connectivity index (χ0n) is 11.1. The standard InChI is InChI=1S/C15H24N2/c1-3-12(4-2)11-17-10-6-7-13-14(16)8-5-9-15(13)17/h5,8-9,12H,3-4,6-7,10-11,16H2,1-2H3. The molecule has 1 heterocycles. The second-order valence-corrected chi connectivity index (χ2v) is 5.08. The number of benzene rings is 1. The molecule has 1 aromatic carbocycles. The van der Waals surface area contributed by atoms with Crippen LogP contribution in [0.2, 0.25) is 0 Å². The third-order valence-corrected chi connectivity index (χ3v) is 4.02. The van der Waals surface area contributed by atoms with Crippen LogP contribution in [0.4, 0.5) is 11.4 Å². The summed E-state index contributed by atoms with van der Waals surface area (Å²) < 4.78 is 0. The smallest absolute Gasteiger partial charge is 0.0419 e. The Hall–Kier alpha value is -1.18. The molecule has 0 aliphatic carbocycles. The first kappa shape index (κ1) is 12.3. The Morgan fingerprint density at radius 2 is 2.06 bits per heavy atom. The number of anilines is 2. The molecule has 0 fully saturated rings. The first-order valence-electron chi connectivity index (χ1n) is 6.88. The fourth-order valence-corrected chi connectivity index (χ4v) is 2.78. The van der Waals surface area contributed by atoms with Crippen molar-refractivity contribution in [2.45, 2.75) is 39.5 Å². The highest BCUT2D eigenvalue weighted by Gasteiger charge is 2.20. The van der Waals surface area contributed by atoms with E-state index in [1.54, 1.807) is 0 Å². The lowest BCUT2D eigenvalue weighted by atomic mass is 9.96. The van der Waals surface area contributed by atoms with Crippen LogP contribution in [0.5, 0.6) is 0 Å². The molecule has 0 unspecified atom stereocenters. The maximum absolute atomic E-state index is 6.07. The van der Waals surface area contributed by atoms with Gasteiger partial charge in [-0.2, -0.15) is 0 Å². The maximum Gasteiger partial charge on any atom is 0.0419 e. The van der Waals surface area contributed by atoms with Crippen LogP contribution in [-0.2, 0) is 6.42 Å². The van der Waals surface area contributed by atoms with E-state index in [1.165, 1.54) is 43.6 Å². The number of hydrogen-bond donors (Lipinski definition) is 1. The monoisotopic (exact) mass is 232 g/mol. The summed E-state index contributed by atoms with van der Waals surface area (Å²) >= 11 is 0. The van der Waals surface area contributed by atoms with Gasteiger partial charge in [-0.3, -0.25) is 0 Å². The molecule has 1 aliphatic heterocycles. The van der Waals surface area contributed by atoms with Gasteiger partial charge in [0.05, 0.1) is 0 Å². The molecule has 94 valence electrons. The zero-order chi connectivity index (χ0) is 12.3. The van der Waals surface area contributed by atoms with E-state index in [2.05, 4.69) is 30.9 Å².